The van der Waals surface area contributed by atoms with E-state index in [0.29, 0.717) is 5.46 Å². The Hall–Kier alpha value is -0.745. The van der Waals surface area contributed by atoms with Crippen LogP contribution in [-0.2, 0) is 14.0 Å². The summed E-state index contributed by atoms with van der Waals surface area (Å²) >= 11 is 12.1. The molecule has 114 valence electrons. The van der Waals surface area contributed by atoms with Crippen molar-refractivity contribution in [1.82, 2.24) is 0 Å². The zero-order valence-electron chi connectivity index (χ0n) is 12.6. The third-order valence-electron chi connectivity index (χ3n) is 3.98. The van der Waals surface area contributed by atoms with Crippen molar-refractivity contribution in [3.05, 3.63) is 27.7 Å². The Morgan fingerprint density at radius 2 is 1.67 bits per heavy atom. The lowest BCUT2D eigenvalue weighted by Crippen LogP contribution is -2.41. The molecule has 1 heterocycles. The van der Waals surface area contributed by atoms with E-state index >= 15 is 0 Å². The molecule has 1 aliphatic heterocycles. The van der Waals surface area contributed by atoms with Gasteiger partial charge in [-0.15, -0.1) is 0 Å². The van der Waals surface area contributed by atoms with E-state index in [1.807, 2.05) is 27.7 Å². The normalized spacial score (nSPS) is 19.7. The molecule has 0 unspecified atom stereocenters. The van der Waals surface area contributed by atoms with Gasteiger partial charge in [0.25, 0.3) is 0 Å². The maximum atomic E-state index is 11.8. The number of benzene rings is 1. The summed E-state index contributed by atoms with van der Waals surface area (Å²) in [5.41, 5.74) is -0.135. The minimum atomic E-state index is -0.617. The first-order valence-corrected chi connectivity index (χ1v) is 7.27. The monoisotopic (exact) mass is 330 g/mol. The first-order chi connectivity index (χ1) is 9.59. The number of hydrogen-bond acceptors (Lipinski definition) is 4. The van der Waals surface area contributed by atoms with Crippen molar-refractivity contribution in [1.29, 1.82) is 0 Å². The minimum absolute atomic E-state index is 0.156. The van der Waals surface area contributed by atoms with Crippen molar-refractivity contribution in [2.45, 2.75) is 38.9 Å². The van der Waals surface area contributed by atoms with E-state index in [1.165, 1.54) is 7.11 Å². The Morgan fingerprint density at radius 1 is 1.14 bits per heavy atom. The Morgan fingerprint density at radius 3 is 2.14 bits per heavy atom. The maximum absolute atomic E-state index is 11.8. The third kappa shape index (κ3) is 2.93. The number of rotatable bonds is 2. The Bertz CT molecular complexity index is 571. The molecule has 0 amide bonds. The van der Waals surface area contributed by atoms with Gasteiger partial charge in [-0.3, -0.25) is 0 Å². The molecule has 1 aromatic carbocycles. The van der Waals surface area contributed by atoms with Crippen molar-refractivity contribution < 1.29 is 18.8 Å². The molecular weight excluding hydrogens is 314 g/mol. The van der Waals surface area contributed by atoms with Gasteiger partial charge in [0, 0.05) is 0 Å². The van der Waals surface area contributed by atoms with Crippen LogP contribution in [0, 0.1) is 0 Å². The number of carbonyl (C=O) groups excluding carboxylic acids is 1. The fourth-order valence-corrected chi connectivity index (χ4v) is 2.40. The fourth-order valence-electron chi connectivity index (χ4n) is 1.98. The van der Waals surface area contributed by atoms with E-state index in [4.69, 9.17) is 37.2 Å². The average molecular weight is 331 g/mol. The predicted molar refractivity (Wildman–Crippen MR) is 83.5 cm³/mol. The topological polar surface area (TPSA) is 44.8 Å². The van der Waals surface area contributed by atoms with Crippen LogP contribution in [0.25, 0.3) is 0 Å². The lowest BCUT2D eigenvalue weighted by Gasteiger charge is -2.32. The van der Waals surface area contributed by atoms with Crippen LogP contribution >= 0.6 is 23.2 Å². The van der Waals surface area contributed by atoms with Crippen LogP contribution in [0.15, 0.2) is 12.1 Å². The van der Waals surface area contributed by atoms with E-state index < -0.39 is 24.3 Å². The van der Waals surface area contributed by atoms with Crippen molar-refractivity contribution in [3.63, 3.8) is 0 Å². The lowest BCUT2D eigenvalue weighted by molar-refractivity contribution is 0.00578. The van der Waals surface area contributed by atoms with Gasteiger partial charge in [0.15, 0.2) is 0 Å². The molecule has 0 atom stereocenters. The molecule has 1 saturated heterocycles. The van der Waals surface area contributed by atoms with Crippen LogP contribution in [0.3, 0.4) is 0 Å². The smallest absolute Gasteiger partial charge is 0.465 e. The summed E-state index contributed by atoms with van der Waals surface area (Å²) in [6.45, 7) is 7.80. The molecule has 1 aromatic rings. The van der Waals surface area contributed by atoms with Crippen LogP contribution in [0.5, 0.6) is 0 Å². The molecule has 0 aliphatic carbocycles. The highest BCUT2D eigenvalue weighted by Gasteiger charge is 2.51. The molecule has 0 N–H and O–H groups in total. The Labute approximate surface area is 134 Å². The van der Waals surface area contributed by atoms with Crippen molar-refractivity contribution in [2.24, 2.45) is 0 Å². The first kappa shape index (κ1) is 16.6. The molecule has 0 saturated carbocycles. The Kier molecular flexibility index (Phi) is 4.33. The second-order valence-electron chi connectivity index (χ2n) is 5.94. The summed E-state index contributed by atoms with van der Waals surface area (Å²) < 4.78 is 16.6. The van der Waals surface area contributed by atoms with Crippen molar-refractivity contribution in [3.8, 4) is 0 Å². The van der Waals surface area contributed by atoms with Gasteiger partial charge in [-0.2, -0.15) is 0 Å². The van der Waals surface area contributed by atoms with E-state index in [0.717, 1.165) is 0 Å². The van der Waals surface area contributed by atoms with E-state index in [9.17, 15) is 4.79 Å². The maximum Gasteiger partial charge on any atom is 0.494 e. The summed E-state index contributed by atoms with van der Waals surface area (Å²) in [6.07, 6.45) is 0. The van der Waals surface area contributed by atoms with Gasteiger partial charge in [0.05, 0.1) is 33.9 Å². The largest absolute Gasteiger partial charge is 0.494 e. The summed E-state index contributed by atoms with van der Waals surface area (Å²) in [5, 5.41) is 0.410. The zero-order valence-corrected chi connectivity index (χ0v) is 14.1. The van der Waals surface area contributed by atoms with Gasteiger partial charge in [-0.05, 0) is 45.3 Å². The predicted octanol–water partition coefficient (Wildman–Crippen LogP) is 3.08. The quantitative estimate of drug-likeness (QED) is 0.617. The molecule has 0 radical (unpaired) electrons. The van der Waals surface area contributed by atoms with Gasteiger partial charge in [0.1, 0.15) is 0 Å². The highest BCUT2D eigenvalue weighted by Crippen LogP contribution is 2.37. The molecule has 0 aromatic heterocycles. The molecule has 4 nitrogen and oxygen atoms in total. The molecule has 7 heteroatoms. The SMILES string of the molecule is COC(=O)c1cc(B2OC(C)(C)C(C)(C)O2)cc(Cl)c1Cl. The highest BCUT2D eigenvalue weighted by atomic mass is 35.5. The van der Waals surface area contributed by atoms with Crippen molar-refractivity contribution >= 4 is 41.8 Å². The number of esters is 1. The number of hydrogen-bond donors (Lipinski definition) is 0. The average Bonchev–Trinajstić information content (AvgIpc) is 2.60. The molecule has 21 heavy (non-hydrogen) atoms. The van der Waals surface area contributed by atoms with Crippen LogP contribution in [-0.4, -0.2) is 31.4 Å². The highest BCUT2D eigenvalue weighted by molar-refractivity contribution is 6.63. The fraction of sp³-hybridized carbons (Fsp3) is 0.500. The molecule has 1 fully saturated rings. The third-order valence-corrected chi connectivity index (χ3v) is 4.78. The molecule has 0 spiro atoms. The van der Waals surface area contributed by atoms with Crippen LogP contribution in [0.4, 0.5) is 0 Å². The van der Waals surface area contributed by atoms with Gasteiger partial charge >= 0.3 is 13.1 Å². The number of ether oxygens (including phenoxy) is 1. The lowest BCUT2D eigenvalue weighted by atomic mass is 9.78. The molecule has 2 rings (SSSR count). The summed E-state index contributed by atoms with van der Waals surface area (Å²) in [4.78, 5) is 11.8. The summed E-state index contributed by atoms with van der Waals surface area (Å²) in [5.74, 6) is -0.555. The Balaban J connectivity index is 2.43. The van der Waals surface area contributed by atoms with Crippen LogP contribution in [0.2, 0.25) is 10.0 Å². The van der Waals surface area contributed by atoms with Gasteiger partial charge < -0.3 is 14.0 Å². The second kappa shape index (κ2) is 5.47. The molecule has 1 aliphatic rings. The molecule has 0 bridgehead atoms. The van der Waals surface area contributed by atoms with E-state index in [2.05, 4.69) is 0 Å². The summed E-state index contributed by atoms with van der Waals surface area (Å²) in [7, 11) is 0.668. The van der Waals surface area contributed by atoms with E-state index in [-0.39, 0.29) is 15.6 Å². The standard InChI is InChI=1S/C14H17BCl2O4/c1-13(2)14(3,4)21-15(20-13)8-6-9(12(18)19-5)11(17)10(16)7-8/h6-7H,1-5H3. The van der Waals surface area contributed by atoms with E-state index in [1.54, 1.807) is 12.1 Å². The van der Waals surface area contributed by atoms with Crippen molar-refractivity contribution in [2.75, 3.05) is 7.11 Å². The number of halogens is 2. The zero-order chi connectivity index (χ0) is 16.0. The summed E-state index contributed by atoms with van der Waals surface area (Å²) in [6, 6.07) is 3.22. The van der Waals surface area contributed by atoms with Crippen LogP contribution < -0.4 is 5.46 Å². The number of carbonyl (C=O) groups is 1. The minimum Gasteiger partial charge on any atom is -0.465 e. The molecular formula is C14H17BCl2O4. The van der Waals surface area contributed by atoms with Crippen LogP contribution in [0.1, 0.15) is 38.1 Å². The second-order valence-corrected chi connectivity index (χ2v) is 6.73. The first-order valence-electron chi connectivity index (χ1n) is 6.52. The van der Waals surface area contributed by atoms with Gasteiger partial charge in [0.2, 0.25) is 0 Å². The number of methoxy groups -OCH3 is 1. The van der Waals surface area contributed by atoms with Gasteiger partial charge in [-0.25, -0.2) is 4.79 Å². The van der Waals surface area contributed by atoms with Gasteiger partial charge in [-0.1, -0.05) is 23.2 Å².